The Bertz CT molecular complexity index is 770. The molecule has 0 unspecified atom stereocenters. The maximum Gasteiger partial charge on any atom is 0.494 e. The van der Waals surface area contributed by atoms with Crippen LogP contribution in [0.1, 0.15) is 54.0 Å². The lowest BCUT2D eigenvalue weighted by atomic mass is 9.78. The number of piperazine rings is 1. The summed E-state index contributed by atoms with van der Waals surface area (Å²) in [5, 5.41) is 0. The highest BCUT2D eigenvalue weighted by molar-refractivity contribution is 6.62. The largest absolute Gasteiger partial charge is 0.494 e. The van der Waals surface area contributed by atoms with Crippen molar-refractivity contribution in [3.05, 3.63) is 29.6 Å². The Balaban J connectivity index is 1.57. The van der Waals surface area contributed by atoms with Gasteiger partial charge >= 0.3 is 13.2 Å². The van der Waals surface area contributed by atoms with E-state index in [0.29, 0.717) is 43.8 Å². The molecule has 2 saturated heterocycles. The molecule has 1 amide bonds. The topological polar surface area (TPSA) is 51.2 Å². The molecule has 0 saturated carbocycles. The molecule has 0 spiro atoms. The van der Waals surface area contributed by atoms with Crippen LogP contribution in [-0.2, 0) is 20.6 Å². The fourth-order valence-corrected chi connectivity index (χ4v) is 3.47. The van der Waals surface area contributed by atoms with Crippen LogP contribution in [0, 0.1) is 5.82 Å². The summed E-state index contributed by atoms with van der Waals surface area (Å²) in [6, 6.07) is 5.18. The van der Waals surface area contributed by atoms with Crippen LogP contribution in [0.3, 0.4) is 0 Å². The molecular formula is C22H34BFN2O4. The van der Waals surface area contributed by atoms with E-state index in [2.05, 4.69) is 4.90 Å². The molecule has 2 fully saturated rings. The van der Waals surface area contributed by atoms with E-state index in [9.17, 15) is 9.18 Å². The van der Waals surface area contributed by atoms with E-state index in [4.69, 9.17) is 14.0 Å². The molecule has 166 valence electrons. The van der Waals surface area contributed by atoms with E-state index < -0.39 is 23.9 Å². The molecule has 6 nitrogen and oxygen atoms in total. The first-order chi connectivity index (χ1) is 13.8. The summed E-state index contributed by atoms with van der Waals surface area (Å²) in [6.45, 7) is 16.5. The Labute approximate surface area is 179 Å². The second-order valence-electron chi connectivity index (χ2n) is 10.2. The smallest absolute Gasteiger partial charge is 0.444 e. The molecule has 1 aromatic rings. The third kappa shape index (κ3) is 5.15. The van der Waals surface area contributed by atoms with Crippen LogP contribution in [-0.4, -0.2) is 66.0 Å². The molecule has 3 rings (SSSR count). The third-order valence-corrected chi connectivity index (χ3v) is 6.02. The van der Waals surface area contributed by atoms with E-state index >= 15 is 0 Å². The number of benzene rings is 1. The molecule has 2 aliphatic heterocycles. The number of nitrogens with zero attached hydrogens (tertiary/aromatic N) is 2. The standard InChI is InChI=1S/C22H34BFN2O4/c1-20(2,3)28-19(27)26-12-10-25(11-13-26)15-16-8-9-17(14-18(16)24)23-29-21(4,5)22(6,7)30-23/h8-9,14H,10-13,15H2,1-7H3. The van der Waals surface area contributed by atoms with Gasteiger partial charge in [-0.2, -0.15) is 0 Å². The summed E-state index contributed by atoms with van der Waals surface area (Å²) in [4.78, 5) is 16.0. The van der Waals surface area contributed by atoms with Gasteiger partial charge < -0.3 is 18.9 Å². The predicted octanol–water partition coefficient (Wildman–Crippen LogP) is 3.18. The number of halogens is 1. The highest BCUT2D eigenvalue weighted by Crippen LogP contribution is 2.36. The van der Waals surface area contributed by atoms with Gasteiger partial charge in [-0.15, -0.1) is 0 Å². The SMILES string of the molecule is CC(C)(C)OC(=O)N1CCN(Cc2ccc(B3OC(C)(C)C(C)(C)O3)cc2F)CC1. The minimum atomic E-state index is -0.573. The van der Waals surface area contributed by atoms with Crippen molar-refractivity contribution in [3.63, 3.8) is 0 Å². The molecule has 0 bridgehead atoms. The van der Waals surface area contributed by atoms with Crippen LogP contribution >= 0.6 is 0 Å². The minimum absolute atomic E-state index is 0.267. The number of carbonyl (C=O) groups excluding carboxylic acids is 1. The highest BCUT2D eigenvalue weighted by Gasteiger charge is 2.51. The van der Waals surface area contributed by atoms with Gasteiger partial charge in [0.25, 0.3) is 0 Å². The van der Waals surface area contributed by atoms with Crippen LogP contribution in [0.15, 0.2) is 18.2 Å². The molecule has 2 heterocycles. The lowest BCUT2D eigenvalue weighted by molar-refractivity contribution is 0.00578. The van der Waals surface area contributed by atoms with Crippen molar-refractivity contribution in [3.8, 4) is 0 Å². The maximum absolute atomic E-state index is 14.8. The summed E-state index contributed by atoms with van der Waals surface area (Å²) < 4.78 is 32.3. The first-order valence-electron chi connectivity index (χ1n) is 10.6. The van der Waals surface area contributed by atoms with Gasteiger partial charge in [-0.05, 0) is 60.0 Å². The molecule has 0 N–H and O–H groups in total. The van der Waals surface area contributed by atoms with Crippen molar-refractivity contribution in [2.45, 2.75) is 71.8 Å². The molecular weight excluding hydrogens is 386 g/mol. The van der Waals surface area contributed by atoms with E-state index in [-0.39, 0.29) is 11.9 Å². The normalized spacial score (nSPS) is 21.7. The summed E-state index contributed by atoms with van der Waals surface area (Å²) in [6.07, 6.45) is -0.292. The lowest BCUT2D eigenvalue weighted by Gasteiger charge is -2.35. The van der Waals surface area contributed by atoms with Gasteiger partial charge in [0.15, 0.2) is 0 Å². The fraction of sp³-hybridized carbons (Fsp3) is 0.682. The number of hydrogen-bond acceptors (Lipinski definition) is 5. The Hall–Kier alpha value is -1.64. The fourth-order valence-electron chi connectivity index (χ4n) is 3.47. The molecule has 8 heteroatoms. The van der Waals surface area contributed by atoms with E-state index in [1.54, 1.807) is 11.0 Å². The number of carbonyl (C=O) groups is 1. The Morgan fingerprint density at radius 1 is 1.10 bits per heavy atom. The molecule has 30 heavy (non-hydrogen) atoms. The summed E-state index contributed by atoms with van der Waals surface area (Å²) in [7, 11) is -0.573. The first kappa shape index (κ1) is 23.0. The summed E-state index contributed by atoms with van der Waals surface area (Å²) in [5.41, 5.74) is -0.108. The zero-order valence-electron chi connectivity index (χ0n) is 19.3. The lowest BCUT2D eigenvalue weighted by Crippen LogP contribution is -2.49. The van der Waals surface area contributed by atoms with Gasteiger partial charge in [-0.1, -0.05) is 12.1 Å². The molecule has 1 aromatic carbocycles. The highest BCUT2D eigenvalue weighted by atomic mass is 19.1. The van der Waals surface area contributed by atoms with Crippen LogP contribution in [0.2, 0.25) is 0 Å². The Morgan fingerprint density at radius 3 is 2.17 bits per heavy atom. The van der Waals surface area contributed by atoms with Crippen molar-refractivity contribution in [1.29, 1.82) is 0 Å². The van der Waals surface area contributed by atoms with Crippen LogP contribution < -0.4 is 5.46 Å². The minimum Gasteiger partial charge on any atom is -0.444 e. The van der Waals surface area contributed by atoms with Crippen molar-refractivity contribution in [2.75, 3.05) is 26.2 Å². The zero-order chi connectivity index (χ0) is 22.3. The number of ether oxygens (including phenoxy) is 1. The monoisotopic (exact) mass is 420 g/mol. The van der Waals surface area contributed by atoms with Gasteiger partial charge in [0, 0.05) is 38.3 Å². The van der Waals surface area contributed by atoms with Gasteiger partial charge in [0.2, 0.25) is 0 Å². The van der Waals surface area contributed by atoms with Gasteiger partial charge in [-0.25, -0.2) is 9.18 Å². The molecule has 0 atom stereocenters. The maximum atomic E-state index is 14.8. The summed E-state index contributed by atoms with van der Waals surface area (Å²) in [5.74, 6) is -0.267. The first-order valence-corrected chi connectivity index (χ1v) is 10.6. The average molecular weight is 420 g/mol. The number of hydrogen-bond donors (Lipinski definition) is 0. The van der Waals surface area contributed by atoms with Crippen molar-refractivity contribution >= 4 is 18.7 Å². The second-order valence-corrected chi connectivity index (χ2v) is 10.2. The average Bonchev–Trinajstić information content (AvgIpc) is 2.83. The second kappa shape index (κ2) is 8.13. The molecule has 0 radical (unpaired) electrons. The van der Waals surface area contributed by atoms with Gasteiger partial charge in [0.1, 0.15) is 11.4 Å². The third-order valence-electron chi connectivity index (χ3n) is 6.02. The van der Waals surface area contributed by atoms with Crippen LogP contribution in [0.25, 0.3) is 0 Å². The van der Waals surface area contributed by atoms with Crippen molar-refractivity contribution in [1.82, 2.24) is 9.80 Å². The number of rotatable bonds is 3. The molecule has 2 aliphatic rings. The van der Waals surface area contributed by atoms with Crippen LogP contribution in [0.5, 0.6) is 0 Å². The van der Waals surface area contributed by atoms with Gasteiger partial charge in [0.05, 0.1) is 11.2 Å². The molecule has 0 aliphatic carbocycles. The Morgan fingerprint density at radius 2 is 1.67 bits per heavy atom. The van der Waals surface area contributed by atoms with Crippen LogP contribution in [0.4, 0.5) is 9.18 Å². The predicted molar refractivity (Wildman–Crippen MR) is 115 cm³/mol. The van der Waals surface area contributed by atoms with Crippen molar-refractivity contribution in [2.24, 2.45) is 0 Å². The number of amides is 1. The van der Waals surface area contributed by atoms with E-state index in [1.165, 1.54) is 6.07 Å². The summed E-state index contributed by atoms with van der Waals surface area (Å²) >= 11 is 0. The Kier molecular flexibility index (Phi) is 6.24. The quantitative estimate of drug-likeness (QED) is 0.704. The van der Waals surface area contributed by atoms with E-state index in [0.717, 1.165) is 0 Å². The van der Waals surface area contributed by atoms with Crippen molar-refractivity contribution < 1.29 is 23.2 Å². The van der Waals surface area contributed by atoms with Gasteiger partial charge in [-0.3, -0.25) is 4.90 Å². The molecule has 0 aromatic heterocycles. The zero-order valence-corrected chi connectivity index (χ0v) is 19.3. The van der Waals surface area contributed by atoms with E-state index in [1.807, 2.05) is 54.5 Å².